The Morgan fingerprint density at radius 2 is 1.77 bits per heavy atom. The number of carbonyl (C=O) groups excluding carboxylic acids is 1. The highest BCUT2D eigenvalue weighted by atomic mass is 32.2. The summed E-state index contributed by atoms with van der Waals surface area (Å²) in [6.45, 7) is 12.0. The Hall–Kier alpha value is -1.44. The summed E-state index contributed by atoms with van der Waals surface area (Å²) < 4.78 is 27.3. The second-order valence-corrected chi connectivity index (χ2v) is 9.64. The van der Waals surface area contributed by atoms with Crippen molar-refractivity contribution in [1.82, 2.24) is 14.5 Å². The van der Waals surface area contributed by atoms with Gasteiger partial charge in [-0.2, -0.15) is 4.31 Å². The average Bonchev–Trinajstić information content (AvgIpc) is 2.54. The number of nitrogens with one attached hydrogen (secondary N) is 1. The quantitative estimate of drug-likeness (QED) is 0.817. The third-order valence-corrected chi connectivity index (χ3v) is 7.07. The van der Waals surface area contributed by atoms with Crippen molar-refractivity contribution < 1.29 is 13.2 Å². The number of sulfonamides is 1. The fourth-order valence-electron chi connectivity index (χ4n) is 3.06. The monoisotopic (exact) mass is 381 g/mol. The van der Waals surface area contributed by atoms with Crippen LogP contribution in [0.3, 0.4) is 0 Å². The lowest BCUT2D eigenvalue weighted by Crippen LogP contribution is -2.53. The van der Waals surface area contributed by atoms with Gasteiger partial charge in [0.25, 0.3) is 0 Å². The molecule has 0 spiro atoms. The zero-order valence-corrected chi connectivity index (χ0v) is 17.3. The highest BCUT2D eigenvalue weighted by Gasteiger charge is 2.30. The summed E-state index contributed by atoms with van der Waals surface area (Å²) in [5.74, 6) is -0.0115. The molecular formula is C19H31N3O3S. The molecule has 1 amide bonds. The van der Waals surface area contributed by atoms with E-state index in [0.717, 1.165) is 17.5 Å². The van der Waals surface area contributed by atoms with Gasteiger partial charge in [-0.25, -0.2) is 8.42 Å². The number of amides is 1. The molecule has 7 heteroatoms. The predicted molar refractivity (Wildman–Crippen MR) is 104 cm³/mol. The van der Waals surface area contributed by atoms with Crippen LogP contribution in [0.4, 0.5) is 0 Å². The summed E-state index contributed by atoms with van der Waals surface area (Å²) in [4.78, 5) is 14.6. The summed E-state index contributed by atoms with van der Waals surface area (Å²) in [5.41, 5.74) is 1.60. The van der Waals surface area contributed by atoms with Crippen LogP contribution in [0.1, 0.15) is 38.3 Å². The molecule has 1 heterocycles. The molecule has 0 atom stereocenters. The predicted octanol–water partition coefficient (Wildman–Crippen LogP) is 1.91. The van der Waals surface area contributed by atoms with Gasteiger partial charge in [-0.3, -0.25) is 9.69 Å². The van der Waals surface area contributed by atoms with Crippen molar-refractivity contribution in [2.45, 2.75) is 51.5 Å². The third kappa shape index (κ3) is 5.05. The van der Waals surface area contributed by atoms with E-state index in [0.29, 0.717) is 37.6 Å². The van der Waals surface area contributed by atoms with Gasteiger partial charge in [0.15, 0.2) is 0 Å². The summed E-state index contributed by atoms with van der Waals surface area (Å²) in [7, 11) is -3.49. The lowest BCUT2D eigenvalue weighted by molar-refractivity contribution is -0.124. The molecule has 1 saturated heterocycles. The molecule has 6 nitrogen and oxygen atoms in total. The molecule has 1 aromatic rings. The maximum absolute atomic E-state index is 12.9. The van der Waals surface area contributed by atoms with Crippen molar-refractivity contribution in [1.29, 1.82) is 0 Å². The summed E-state index contributed by atoms with van der Waals surface area (Å²) in [6.07, 6.45) is 0.862. The molecule has 0 bridgehead atoms. The average molecular weight is 382 g/mol. The summed E-state index contributed by atoms with van der Waals surface area (Å²) >= 11 is 0. The van der Waals surface area contributed by atoms with Crippen LogP contribution in [0.25, 0.3) is 0 Å². The number of rotatable bonds is 6. The standard InChI is InChI=1S/C19H31N3O3S/c1-6-19(4,5)20-18(23)14-21-9-11-22(12-10-21)26(24,25)17-8-7-15(2)13-16(17)3/h7-8,13H,6,9-12,14H2,1-5H3,(H,20,23). The van der Waals surface area contributed by atoms with Crippen LogP contribution in [0.15, 0.2) is 23.1 Å². The molecule has 1 aromatic carbocycles. The van der Waals surface area contributed by atoms with Gasteiger partial charge < -0.3 is 5.32 Å². The number of hydrogen-bond donors (Lipinski definition) is 1. The van der Waals surface area contributed by atoms with Crippen LogP contribution in [0.5, 0.6) is 0 Å². The molecule has 1 fully saturated rings. The van der Waals surface area contributed by atoms with Crippen molar-refractivity contribution in [3.8, 4) is 0 Å². The topological polar surface area (TPSA) is 69.7 Å². The van der Waals surface area contributed by atoms with Crippen molar-refractivity contribution in [3.05, 3.63) is 29.3 Å². The second kappa shape index (κ2) is 8.06. The van der Waals surface area contributed by atoms with E-state index in [9.17, 15) is 13.2 Å². The van der Waals surface area contributed by atoms with Crippen LogP contribution in [-0.2, 0) is 14.8 Å². The molecule has 1 aliphatic heterocycles. The van der Waals surface area contributed by atoms with Crippen LogP contribution in [0, 0.1) is 13.8 Å². The minimum atomic E-state index is -3.49. The Morgan fingerprint density at radius 3 is 2.31 bits per heavy atom. The first-order valence-electron chi connectivity index (χ1n) is 9.16. The van der Waals surface area contributed by atoms with Gasteiger partial charge in [0.1, 0.15) is 0 Å². The lowest BCUT2D eigenvalue weighted by atomic mass is 10.0. The molecule has 2 rings (SSSR count). The highest BCUT2D eigenvalue weighted by Crippen LogP contribution is 2.22. The Kier molecular flexibility index (Phi) is 6.47. The number of nitrogens with zero attached hydrogens (tertiary/aromatic N) is 2. The first-order valence-corrected chi connectivity index (χ1v) is 10.6. The first-order chi connectivity index (χ1) is 12.0. The number of piperazine rings is 1. The van der Waals surface area contributed by atoms with Gasteiger partial charge in [0.05, 0.1) is 11.4 Å². The first kappa shape index (κ1) is 20.9. The maximum Gasteiger partial charge on any atom is 0.243 e. The van der Waals surface area contributed by atoms with E-state index < -0.39 is 10.0 Å². The fourth-order valence-corrected chi connectivity index (χ4v) is 4.69. The minimum absolute atomic E-state index is 0.0115. The summed E-state index contributed by atoms with van der Waals surface area (Å²) in [5, 5.41) is 3.02. The van der Waals surface area contributed by atoms with E-state index in [2.05, 4.69) is 5.32 Å². The van der Waals surface area contributed by atoms with Gasteiger partial charge in [-0.15, -0.1) is 0 Å². The van der Waals surface area contributed by atoms with Crippen molar-refractivity contribution in [2.75, 3.05) is 32.7 Å². The van der Waals surface area contributed by atoms with Gasteiger partial charge in [0, 0.05) is 31.7 Å². The lowest BCUT2D eigenvalue weighted by Gasteiger charge is -2.34. The minimum Gasteiger partial charge on any atom is -0.350 e. The number of benzene rings is 1. The molecule has 146 valence electrons. The van der Waals surface area contributed by atoms with E-state index >= 15 is 0 Å². The molecule has 0 aromatic heterocycles. The number of aryl methyl sites for hydroxylation is 2. The van der Waals surface area contributed by atoms with Crippen molar-refractivity contribution in [2.24, 2.45) is 0 Å². The molecule has 1 aliphatic rings. The molecular weight excluding hydrogens is 350 g/mol. The normalized spacial score (nSPS) is 17.3. The van der Waals surface area contributed by atoms with Crippen LogP contribution in [0.2, 0.25) is 0 Å². The fraction of sp³-hybridized carbons (Fsp3) is 0.632. The number of hydrogen-bond acceptors (Lipinski definition) is 4. The Balaban J connectivity index is 1.96. The number of carbonyl (C=O) groups is 1. The van der Waals surface area contributed by atoms with Crippen molar-refractivity contribution >= 4 is 15.9 Å². The summed E-state index contributed by atoms with van der Waals surface area (Å²) in [6, 6.07) is 5.41. The molecule has 0 radical (unpaired) electrons. The largest absolute Gasteiger partial charge is 0.350 e. The molecule has 0 unspecified atom stereocenters. The molecule has 1 N–H and O–H groups in total. The van der Waals surface area contributed by atoms with Crippen molar-refractivity contribution in [3.63, 3.8) is 0 Å². The maximum atomic E-state index is 12.9. The van der Waals surface area contributed by atoms with Crippen LogP contribution in [-0.4, -0.2) is 61.8 Å². The van der Waals surface area contributed by atoms with E-state index in [1.54, 1.807) is 6.07 Å². The Morgan fingerprint density at radius 1 is 1.15 bits per heavy atom. The molecule has 26 heavy (non-hydrogen) atoms. The van der Waals surface area contributed by atoms with Gasteiger partial charge >= 0.3 is 0 Å². The highest BCUT2D eigenvalue weighted by molar-refractivity contribution is 7.89. The second-order valence-electron chi connectivity index (χ2n) is 7.73. The van der Waals surface area contributed by atoms with Gasteiger partial charge in [-0.05, 0) is 45.7 Å². The Labute approximate surface area is 157 Å². The SMILES string of the molecule is CCC(C)(C)NC(=O)CN1CCN(S(=O)(=O)c2ccc(C)cc2C)CC1. The zero-order chi connectivity index (χ0) is 19.5. The molecule has 0 aliphatic carbocycles. The van der Waals surface area contributed by atoms with E-state index in [1.807, 2.05) is 51.7 Å². The third-order valence-electron chi connectivity index (χ3n) is 5.01. The zero-order valence-electron chi connectivity index (χ0n) is 16.5. The van der Waals surface area contributed by atoms with Crippen LogP contribution >= 0.6 is 0 Å². The van der Waals surface area contributed by atoms with E-state index in [1.165, 1.54) is 4.31 Å². The van der Waals surface area contributed by atoms with Gasteiger partial charge in [0.2, 0.25) is 15.9 Å². The van der Waals surface area contributed by atoms with Gasteiger partial charge in [-0.1, -0.05) is 24.6 Å². The Bertz CT molecular complexity index is 751. The smallest absolute Gasteiger partial charge is 0.243 e. The van der Waals surface area contributed by atoms with E-state index in [4.69, 9.17) is 0 Å². The van der Waals surface area contributed by atoms with E-state index in [-0.39, 0.29) is 11.4 Å². The molecule has 0 saturated carbocycles. The van der Waals surface area contributed by atoms with Crippen LogP contribution < -0.4 is 5.32 Å².